The summed E-state index contributed by atoms with van der Waals surface area (Å²) in [7, 11) is 0. The summed E-state index contributed by atoms with van der Waals surface area (Å²) in [5, 5.41) is 9.06. The van der Waals surface area contributed by atoms with Crippen LogP contribution in [0, 0.1) is 11.8 Å². The summed E-state index contributed by atoms with van der Waals surface area (Å²) in [4.78, 5) is 22.1. The number of hydrogen-bond donors (Lipinski definition) is 1. The molecule has 2 unspecified atom stereocenters. The molecular weight excluding hydrogens is 396 g/mol. The van der Waals surface area contributed by atoms with Crippen LogP contribution in [0.2, 0.25) is 0 Å². The van der Waals surface area contributed by atoms with E-state index in [0.717, 1.165) is 32.1 Å². The fraction of sp³-hybridized carbons (Fsp3) is 0.655. The van der Waals surface area contributed by atoms with Crippen LogP contribution in [0.25, 0.3) is 0 Å². The molecule has 0 aromatic carbocycles. The van der Waals surface area contributed by atoms with Crippen LogP contribution < -0.4 is 0 Å². The molecule has 2 atom stereocenters. The zero-order chi connectivity index (χ0) is 23.9. The highest BCUT2D eigenvalue weighted by Crippen LogP contribution is 2.27. The molecule has 0 heterocycles. The summed E-state index contributed by atoms with van der Waals surface area (Å²) < 4.78 is 0. The van der Waals surface area contributed by atoms with Gasteiger partial charge in [0.15, 0.2) is 0 Å². The lowest BCUT2D eigenvalue weighted by Gasteiger charge is -2.22. The Bertz CT molecular complexity index is 583. The lowest BCUT2D eigenvalue weighted by molar-refractivity contribution is -0.137. The molecule has 3 nitrogen and oxygen atoms in total. The van der Waals surface area contributed by atoms with Gasteiger partial charge < -0.3 is 9.90 Å². The molecule has 0 saturated heterocycles. The molecule has 0 bridgehead atoms. The smallest absolute Gasteiger partial charge is 0.303 e. The number of carbonyl (C=O) groups excluding carboxylic acids is 1. The Morgan fingerprint density at radius 2 is 1.22 bits per heavy atom. The van der Waals surface area contributed by atoms with Gasteiger partial charge in [0.1, 0.15) is 5.78 Å². The molecule has 0 spiro atoms. The van der Waals surface area contributed by atoms with Crippen LogP contribution in [0.3, 0.4) is 0 Å². The topological polar surface area (TPSA) is 54.4 Å². The normalized spacial score (nSPS) is 14.2. The number of rotatable bonds is 21. The van der Waals surface area contributed by atoms with E-state index >= 15 is 0 Å². The third-order valence-corrected chi connectivity index (χ3v) is 5.70. The third-order valence-electron chi connectivity index (χ3n) is 5.70. The number of carboxylic acids is 1. The molecule has 182 valence electrons. The van der Waals surface area contributed by atoms with E-state index in [1.807, 2.05) is 0 Å². The number of carboxylic acid groups (broad SMARTS) is 1. The number of ketones is 1. The molecule has 0 aliphatic rings. The van der Waals surface area contributed by atoms with E-state index in [-0.39, 0.29) is 12.2 Å². The van der Waals surface area contributed by atoms with Gasteiger partial charge in [-0.3, -0.25) is 4.79 Å². The van der Waals surface area contributed by atoms with Crippen molar-refractivity contribution in [2.45, 2.75) is 111 Å². The quantitative estimate of drug-likeness (QED) is 0.142. The van der Waals surface area contributed by atoms with Gasteiger partial charge in [-0.1, -0.05) is 94.6 Å². The van der Waals surface area contributed by atoms with E-state index in [4.69, 9.17) is 5.11 Å². The van der Waals surface area contributed by atoms with E-state index in [1.54, 1.807) is 6.92 Å². The maximum atomic E-state index is 11.0. The number of Topliss-reactive ketones (excluding diaryl/α,β-unsaturated/α-hetero) is 1. The summed E-state index contributed by atoms with van der Waals surface area (Å²) in [6.45, 7) is 6.09. The third kappa shape index (κ3) is 20.0. The molecule has 0 aliphatic carbocycles. The Kier molecular flexibility index (Phi) is 21.0. The fourth-order valence-corrected chi connectivity index (χ4v) is 3.77. The van der Waals surface area contributed by atoms with Crippen LogP contribution in [0.15, 0.2) is 48.6 Å². The van der Waals surface area contributed by atoms with Crippen molar-refractivity contribution < 1.29 is 14.7 Å². The summed E-state index contributed by atoms with van der Waals surface area (Å²) in [6, 6.07) is 0. The van der Waals surface area contributed by atoms with E-state index < -0.39 is 5.97 Å². The first-order valence-corrected chi connectivity index (χ1v) is 12.9. The van der Waals surface area contributed by atoms with Crippen molar-refractivity contribution in [3.8, 4) is 0 Å². The average molecular weight is 445 g/mol. The predicted octanol–water partition coefficient (Wildman–Crippen LogP) is 8.62. The minimum Gasteiger partial charge on any atom is -0.481 e. The van der Waals surface area contributed by atoms with Crippen molar-refractivity contribution in [1.82, 2.24) is 0 Å². The maximum absolute atomic E-state index is 11.0. The predicted molar refractivity (Wildman–Crippen MR) is 138 cm³/mol. The van der Waals surface area contributed by atoms with E-state index in [2.05, 4.69) is 62.5 Å². The molecule has 0 rings (SSSR count). The van der Waals surface area contributed by atoms with Crippen LogP contribution in [-0.2, 0) is 9.59 Å². The van der Waals surface area contributed by atoms with Crippen molar-refractivity contribution in [2.75, 3.05) is 0 Å². The molecule has 0 aliphatic heterocycles. The average Bonchev–Trinajstić information content (AvgIpc) is 2.75. The van der Waals surface area contributed by atoms with Gasteiger partial charge in [0, 0.05) is 12.8 Å². The Labute approximate surface area is 197 Å². The highest BCUT2D eigenvalue weighted by Gasteiger charge is 2.16. The lowest BCUT2D eigenvalue weighted by atomic mass is 9.83. The van der Waals surface area contributed by atoms with Gasteiger partial charge in [-0.05, 0) is 63.7 Å². The number of unbranched alkanes of at least 4 members (excludes halogenated alkanes) is 6. The second kappa shape index (κ2) is 22.3. The molecule has 0 saturated carbocycles. The minimum absolute atomic E-state index is 0.235. The van der Waals surface area contributed by atoms with E-state index in [9.17, 15) is 9.59 Å². The number of hydrogen-bond acceptors (Lipinski definition) is 2. The monoisotopic (exact) mass is 444 g/mol. The molecule has 3 heteroatoms. The Hall–Kier alpha value is -1.90. The van der Waals surface area contributed by atoms with Crippen LogP contribution in [0.1, 0.15) is 111 Å². The Morgan fingerprint density at radius 3 is 1.75 bits per heavy atom. The Morgan fingerprint density at radius 1 is 0.688 bits per heavy atom. The van der Waals surface area contributed by atoms with Crippen molar-refractivity contribution >= 4 is 11.8 Å². The Balaban J connectivity index is 5.06. The number of carbonyl (C=O) groups is 2. The van der Waals surface area contributed by atoms with Gasteiger partial charge in [-0.2, -0.15) is 0 Å². The van der Waals surface area contributed by atoms with E-state index in [0.29, 0.717) is 24.7 Å². The highest BCUT2D eigenvalue weighted by atomic mass is 16.4. The van der Waals surface area contributed by atoms with Crippen molar-refractivity contribution in [3.63, 3.8) is 0 Å². The molecule has 1 N–H and O–H groups in total. The summed E-state index contributed by atoms with van der Waals surface area (Å²) >= 11 is 0. The minimum atomic E-state index is -0.713. The van der Waals surface area contributed by atoms with Gasteiger partial charge >= 0.3 is 5.97 Å². The summed E-state index contributed by atoms with van der Waals surface area (Å²) in [5.74, 6) is 0.311. The fourth-order valence-electron chi connectivity index (χ4n) is 3.77. The zero-order valence-corrected chi connectivity index (χ0v) is 20.9. The second-order valence-corrected chi connectivity index (χ2v) is 8.83. The molecule has 0 radical (unpaired) electrons. The van der Waals surface area contributed by atoms with Crippen molar-refractivity contribution in [2.24, 2.45) is 11.8 Å². The standard InChI is InChI=1S/C29H48O3/c1-4-6-8-9-10-13-17-23-28(24-19-25-29(31)32)27(21-15-7-5-2)22-18-14-11-12-16-20-26(3)30/h10-11,13-14,17-18,22-23,27-28H,4-9,12,15-16,19-21,24-25H2,1-3H3,(H,31,32)/b13-10+,14-11+,22-18+,23-17+. The maximum Gasteiger partial charge on any atom is 0.303 e. The lowest BCUT2D eigenvalue weighted by Crippen LogP contribution is -2.12. The van der Waals surface area contributed by atoms with Gasteiger partial charge in [-0.25, -0.2) is 0 Å². The largest absolute Gasteiger partial charge is 0.481 e. The van der Waals surface area contributed by atoms with Gasteiger partial charge in [0.25, 0.3) is 0 Å². The molecule has 0 amide bonds. The molecule has 0 fully saturated rings. The van der Waals surface area contributed by atoms with Crippen molar-refractivity contribution in [3.05, 3.63) is 48.6 Å². The van der Waals surface area contributed by atoms with Gasteiger partial charge in [0.2, 0.25) is 0 Å². The first-order chi connectivity index (χ1) is 15.5. The number of allylic oxidation sites excluding steroid dienone is 8. The van der Waals surface area contributed by atoms with Crippen LogP contribution in [0.4, 0.5) is 0 Å². The van der Waals surface area contributed by atoms with Gasteiger partial charge in [0.05, 0.1) is 0 Å². The molecule has 32 heavy (non-hydrogen) atoms. The first-order valence-electron chi connectivity index (χ1n) is 12.9. The second-order valence-electron chi connectivity index (χ2n) is 8.83. The van der Waals surface area contributed by atoms with Crippen molar-refractivity contribution in [1.29, 1.82) is 0 Å². The van der Waals surface area contributed by atoms with Crippen LogP contribution >= 0.6 is 0 Å². The highest BCUT2D eigenvalue weighted by molar-refractivity contribution is 5.75. The molecule has 0 aromatic heterocycles. The molecule has 0 aromatic rings. The SMILES string of the molecule is CCCCC/C=C/C=C/C(CCCC(=O)O)C(/C=C/C=C/CCCC(C)=O)CCCCC. The summed E-state index contributed by atoms with van der Waals surface area (Å²) in [6.07, 6.45) is 31.5. The van der Waals surface area contributed by atoms with Gasteiger partial charge in [-0.15, -0.1) is 0 Å². The molecular formula is C29H48O3. The zero-order valence-electron chi connectivity index (χ0n) is 20.9. The first kappa shape index (κ1) is 30.1. The van der Waals surface area contributed by atoms with Crippen LogP contribution in [-0.4, -0.2) is 16.9 Å². The summed E-state index contributed by atoms with van der Waals surface area (Å²) in [5.41, 5.74) is 0. The number of aliphatic carboxylic acids is 1. The van der Waals surface area contributed by atoms with Crippen LogP contribution in [0.5, 0.6) is 0 Å². The van der Waals surface area contributed by atoms with E-state index in [1.165, 1.54) is 38.5 Å².